The Labute approximate surface area is 182 Å². The van der Waals surface area contributed by atoms with Crippen molar-refractivity contribution in [3.05, 3.63) is 28.4 Å². The van der Waals surface area contributed by atoms with Gasteiger partial charge in [-0.1, -0.05) is 20.3 Å². The lowest BCUT2D eigenvalue weighted by Crippen LogP contribution is -2.36. The minimum atomic E-state index is 0.426. The molecular formula is C23H32N6S. The normalized spacial score (nSPS) is 20.0. The molecule has 0 spiro atoms. The van der Waals surface area contributed by atoms with Crippen LogP contribution in [0.15, 0.2) is 5.38 Å². The number of rotatable bonds is 4. The molecule has 0 amide bonds. The molecule has 1 atom stereocenters. The van der Waals surface area contributed by atoms with Crippen LogP contribution in [-0.4, -0.2) is 37.8 Å². The van der Waals surface area contributed by atoms with E-state index < -0.39 is 0 Å². The number of nitrogens with zero attached hydrogens (tertiary/aromatic N) is 6. The first-order chi connectivity index (χ1) is 14.6. The first-order valence-corrected chi connectivity index (χ1v) is 12.4. The molecule has 0 aliphatic carbocycles. The average molecular weight is 425 g/mol. The molecule has 3 aromatic rings. The van der Waals surface area contributed by atoms with Crippen LogP contribution in [0.25, 0.3) is 10.2 Å². The Kier molecular flexibility index (Phi) is 5.48. The van der Waals surface area contributed by atoms with Crippen LogP contribution in [0.4, 0.5) is 5.82 Å². The number of piperidine rings is 1. The maximum Gasteiger partial charge on any atom is 0.141 e. The van der Waals surface area contributed by atoms with Gasteiger partial charge in [-0.3, -0.25) is 0 Å². The summed E-state index contributed by atoms with van der Waals surface area (Å²) in [7, 11) is 0. The molecule has 0 N–H and O–H groups in total. The van der Waals surface area contributed by atoms with Crippen molar-refractivity contribution in [3.8, 4) is 0 Å². The minimum Gasteiger partial charge on any atom is -0.355 e. The summed E-state index contributed by atoms with van der Waals surface area (Å²) in [5.41, 5.74) is 1.40. The molecule has 1 unspecified atom stereocenters. The highest BCUT2D eigenvalue weighted by Crippen LogP contribution is 2.37. The summed E-state index contributed by atoms with van der Waals surface area (Å²) in [6.07, 6.45) is 8.29. The van der Waals surface area contributed by atoms with E-state index in [1.165, 1.54) is 54.7 Å². The van der Waals surface area contributed by atoms with Crippen molar-refractivity contribution in [1.82, 2.24) is 24.7 Å². The van der Waals surface area contributed by atoms with Gasteiger partial charge >= 0.3 is 0 Å². The Bertz CT molecular complexity index is 1040. The van der Waals surface area contributed by atoms with Gasteiger partial charge in [0.2, 0.25) is 0 Å². The number of anilines is 1. The number of aryl methyl sites for hydroxylation is 2. The van der Waals surface area contributed by atoms with Crippen molar-refractivity contribution in [2.75, 3.05) is 18.0 Å². The molecule has 2 aliphatic heterocycles. The van der Waals surface area contributed by atoms with E-state index in [0.29, 0.717) is 11.8 Å². The molecule has 5 rings (SSSR count). The van der Waals surface area contributed by atoms with Crippen LogP contribution in [0, 0.1) is 12.8 Å². The van der Waals surface area contributed by atoms with Gasteiger partial charge in [-0.25, -0.2) is 9.97 Å². The molecule has 0 bridgehead atoms. The van der Waals surface area contributed by atoms with E-state index in [4.69, 9.17) is 9.97 Å². The van der Waals surface area contributed by atoms with E-state index >= 15 is 0 Å². The van der Waals surface area contributed by atoms with Crippen molar-refractivity contribution >= 4 is 27.4 Å². The fourth-order valence-electron chi connectivity index (χ4n) is 5.09. The van der Waals surface area contributed by atoms with Crippen LogP contribution in [0.2, 0.25) is 0 Å². The zero-order valence-corrected chi connectivity index (χ0v) is 19.2. The number of fused-ring (bicyclic) bond motifs is 2. The van der Waals surface area contributed by atoms with E-state index in [1.807, 2.05) is 6.92 Å². The SMILES string of the molecule is Cc1nc(N2CCCC(c3nnc4n3CCCCC4)C2)c2c(CC(C)C)csc2n1. The molecule has 7 heteroatoms. The molecule has 5 heterocycles. The summed E-state index contributed by atoms with van der Waals surface area (Å²) in [6, 6.07) is 0. The molecule has 0 saturated carbocycles. The van der Waals surface area contributed by atoms with E-state index in [2.05, 4.69) is 38.9 Å². The quantitative estimate of drug-likeness (QED) is 0.596. The largest absolute Gasteiger partial charge is 0.355 e. The minimum absolute atomic E-state index is 0.426. The zero-order valence-electron chi connectivity index (χ0n) is 18.4. The Morgan fingerprint density at radius 3 is 2.87 bits per heavy atom. The van der Waals surface area contributed by atoms with Crippen LogP contribution in [-0.2, 0) is 19.4 Å². The lowest BCUT2D eigenvalue weighted by molar-refractivity contribution is 0.464. The van der Waals surface area contributed by atoms with Crippen molar-refractivity contribution in [2.45, 2.75) is 78.2 Å². The van der Waals surface area contributed by atoms with Crippen molar-refractivity contribution in [1.29, 1.82) is 0 Å². The summed E-state index contributed by atoms with van der Waals surface area (Å²) in [5, 5.41) is 12.8. The van der Waals surface area contributed by atoms with E-state index in [1.54, 1.807) is 11.3 Å². The second-order valence-corrected chi connectivity index (χ2v) is 10.2. The van der Waals surface area contributed by atoms with E-state index in [9.17, 15) is 0 Å². The third kappa shape index (κ3) is 3.72. The van der Waals surface area contributed by atoms with Gasteiger partial charge in [-0.05, 0) is 55.9 Å². The summed E-state index contributed by atoms with van der Waals surface area (Å²) in [4.78, 5) is 13.3. The van der Waals surface area contributed by atoms with Gasteiger partial charge < -0.3 is 9.47 Å². The Morgan fingerprint density at radius 2 is 2.00 bits per heavy atom. The molecule has 1 saturated heterocycles. The molecule has 1 fully saturated rings. The summed E-state index contributed by atoms with van der Waals surface area (Å²) >= 11 is 1.76. The average Bonchev–Trinajstić information content (AvgIpc) is 3.23. The molecule has 3 aromatic heterocycles. The lowest BCUT2D eigenvalue weighted by Gasteiger charge is -2.34. The molecule has 30 heavy (non-hydrogen) atoms. The molecular weight excluding hydrogens is 392 g/mol. The van der Waals surface area contributed by atoms with Crippen LogP contribution < -0.4 is 4.90 Å². The topological polar surface area (TPSA) is 59.7 Å². The standard InChI is InChI=1S/C23H32N6S/c1-15(2)12-18-14-30-23-20(18)22(24-16(3)25-23)28-10-7-8-17(13-28)21-27-26-19-9-5-4-6-11-29(19)21/h14-15,17H,4-13H2,1-3H3. The van der Waals surface area contributed by atoms with Crippen LogP contribution in [0.3, 0.4) is 0 Å². The highest BCUT2D eigenvalue weighted by atomic mass is 32.1. The highest BCUT2D eigenvalue weighted by Gasteiger charge is 2.29. The maximum absolute atomic E-state index is 4.96. The van der Waals surface area contributed by atoms with Crippen LogP contribution in [0.5, 0.6) is 0 Å². The van der Waals surface area contributed by atoms with Crippen molar-refractivity contribution in [3.63, 3.8) is 0 Å². The molecule has 2 aliphatic rings. The van der Waals surface area contributed by atoms with Gasteiger partial charge in [-0.2, -0.15) is 0 Å². The number of aromatic nitrogens is 5. The van der Waals surface area contributed by atoms with E-state index in [0.717, 1.165) is 48.9 Å². The van der Waals surface area contributed by atoms with Gasteiger partial charge in [0.15, 0.2) is 0 Å². The van der Waals surface area contributed by atoms with Crippen LogP contribution >= 0.6 is 11.3 Å². The summed E-state index contributed by atoms with van der Waals surface area (Å²) < 4.78 is 2.43. The molecule has 0 aromatic carbocycles. The molecule has 160 valence electrons. The second-order valence-electron chi connectivity index (χ2n) is 9.36. The van der Waals surface area contributed by atoms with Gasteiger partial charge in [0, 0.05) is 32.0 Å². The van der Waals surface area contributed by atoms with Gasteiger partial charge in [-0.15, -0.1) is 21.5 Å². The maximum atomic E-state index is 4.96. The molecule has 6 nitrogen and oxygen atoms in total. The van der Waals surface area contributed by atoms with Crippen molar-refractivity contribution < 1.29 is 0 Å². The Balaban J connectivity index is 1.49. The predicted molar refractivity (Wildman–Crippen MR) is 122 cm³/mol. The van der Waals surface area contributed by atoms with E-state index in [-0.39, 0.29) is 0 Å². The van der Waals surface area contributed by atoms with Gasteiger partial charge in [0.25, 0.3) is 0 Å². The lowest BCUT2D eigenvalue weighted by atomic mass is 9.96. The third-order valence-corrected chi connectivity index (χ3v) is 7.38. The third-order valence-electron chi connectivity index (χ3n) is 6.45. The molecule has 0 radical (unpaired) electrons. The van der Waals surface area contributed by atoms with Crippen LogP contribution in [0.1, 0.15) is 74.9 Å². The monoisotopic (exact) mass is 424 g/mol. The predicted octanol–water partition coefficient (Wildman–Crippen LogP) is 4.90. The first-order valence-electron chi connectivity index (χ1n) is 11.5. The fourth-order valence-corrected chi connectivity index (χ4v) is 6.09. The van der Waals surface area contributed by atoms with Crippen molar-refractivity contribution in [2.24, 2.45) is 5.92 Å². The fraction of sp³-hybridized carbons (Fsp3) is 0.652. The van der Waals surface area contributed by atoms with Gasteiger partial charge in [0.1, 0.15) is 28.1 Å². The number of hydrogen-bond donors (Lipinski definition) is 0. The van der Waals surface area contributed by atoms with Gasteiger partial charge in [0.05, 0.1) is 5.39 Å². The Hall–Kier alpha value is -2.02. The summed E-state index contributed by atoms with van der Waals surface area (Å²) in [6.45, 7) is 9.69. The number of hydrogen-bond acceptors (Lipinski definition) is 6. The zero-order chi connectivity index (χ0) is 20.7. The smallest absolute Gasteiger partial charge is 0.141 e. The summed E-state index contributed by atoms with van der Waals surface area (Å²) in [5.74, 6) is 5.44. The first kappa shape index (κ1) is 19.9. The number of thiophene rings is 1. The Morgan fingerprint density at radius 1 is 1.10 bits per heavy atom. The second kappa shape index (κ2) is 8.25. The highest BCUT2D eigenvalue weighted by molar-refractivity contribution is 7.17.